The maximum absolute atomic E-state index is 13.7. The van der Waals surface area contributed by atoms with Gasteiger partial charge in [0.2, 0.25) is 0 Å². The zero-order valence-electron chi connectivity index (χ0n) is 17.9. The highest BCUT2D eigenvalue weighted by atomic mass is 35.5. The Morgan fingerprint density at radius 2 is 2.24 bits per heavy atom. The first-order valence-electron chi connectivity index (χ1n) is 9.94. The summed E-state index contributed by atoms with van der Waals surface area (Å²) in [5.41, 5.74) is 0.964. The number of esters is 1. The summed E-state index contributed by atoms with van der Waals surface area (Å²) in [6, 6.07) is 2.05. The number of rotatable bonds is 6. The lowest BCUT2D eigenvalue weighted by atomic mass is 9.95. The van der Waals surface area contributed by atoms with E-state index < -0.39 is 29.8 Å². The molecule has 2 aliphatic heterocycles. The van der Waals surface area contributed by atoms with Crippen molar-refractivity contribution >= 4 is 53.1 Å². The molecule has 0 spiro atoms. The summed E-state index contributed by atoms with van der Waals surface area (Å²) >= 11 is 7.67. The van der Waals surface area contributed by atoms with Crippen molar-refractivity contribution in [2.75, 3.05) is 33.4 Å². The number of aromatic nitrogens is 1. The Hall–Kier alpha value is -2.57. The molecule has 1 aromatic heterocycles. The molecule has 13 heteroatoms. The predicted octanol–water partition coefficient (Wildman–Crippen LogP) is 2.66. The molecule has 182 valence electrons. The number of hydrogen-bond donors (Lipinski definition) is 2. The molecule has 2 aliphatic rings. The molecular weight excluding hydrogens is 510 g/mol. The van der Waals surface area contributed by atoms with Crippen LogP contribution in [0.4, 0.5) is 4.39 Å². The molecule has 0 aliphatic carbocycles. The first-order valence-corrected chi connectivity index (χ1v) is 11.2. The second-order valence-electron chi connectivity index (χ2n) is 7.29. The van der Waals surface area contributed by atoms with E-state index in [1.807, 2.05) is 0 Å². The second-order valence-corrected chi connectivity index (χ2v) is 8.59. The fourth-order valence-electron chi connectivity index (χ4n) is 3.73. The van der Waals surface area contributed by atoms with E-state index in [1.165, 1.54) is 30.6 Å². The second kappa shape index (κ2) is 11.2. The molecule has 4 rings (SSSR count). The molecule has 2 N–H and O–H groups in total. The minimum absolute atomic E-state index is 0. The van der Waals surface area contributed by atoms with Crippen LogP contribution in [0.3, 0.4) is 0 Å². The Bertz CT molecular complexity index is 1130. The molecule has 0 bridgehead atoms. The number of nitrogens with zero attached hydrogens (tertiary/aromatic N) is 3. The number of amidine groups is 1. The number of carbonyl (C=O) groups is 2. The number of aliphatic imine (C=N–C) groups is 1. The van der Waals surface area contributed by atoms with Crippen molar-refractivity contribution in [1.82, 2.24) is 15.2 Å². The molecule has 3 heterocycles. The lowest BCUT2D eigenvalue weighted by molar-refractivity contribution is -0.149. The number of nitrogens with one attached hydrogen (secondary N) is 1. The summed E-state index contributed by atoms with van der Waals surface area (Å²) in [4.78, 5) is 35.3. The molecule has 0 saturated carbocycles. The molecule has 1 fully saturated rings. The fraction of sp³-hybridized carbons (Fsp3) is 0.333. The van der Waals surface area contributed by atoms with Gasteiger partial charge in [-0.15, -0.1) is 23.7 Å². The van der Waals surface area contributed by atoms with E-state index in [4.69, 9.17) is 21.1 Å². The summed E-state index contributed by atoms with van der Waals surface area (Å²) < 4.78 is 24.1. The van der Waals surface area contributed by atoms with Gasteiger partial charge in [-0.25, -0.2) is 14.2 Å². The van der Waals surface area contributed by atoms with E-state index in [0.717, 1.165) is 6.07 Å². The Balaban J connectivity index is 0.00000324. The summed E-state index contributed by atoms with van der Waals surface area (Å²) in [6.45, 7) is 0.814. The van der Waals surface area contributed by atoms with Crippen LogP contribution in [-0.4, -0.2) is 72.2 Å². The van der Waals surface area contributed by atoms with Gasteiger partial charge in [0, 0.05) is 40.9 Å². The smallest absolute Gasteiger partial charge is 0.338 e. The van der Waals surface area contributed by atoms with Crippen molar-refractivity contribution in [2.45, 2.75) is 12.1 Å². The Morgan fingerprint density at radius 1 is 1.44 bits per heavy atom. The largest absolute Gasteiger partial charge is 0.480 e. The van der Waals surface area contributed by atoms with Crippen LogP contribution in [0.5, 0.6) is 0 Å². The number of carbonyl (C=O) groups excluding carboxylic acids is 1. The highest BCUT2D eigenvalue weighted by molar-refractivity contribution is 7.11. The third kappa shape index (κ3) is 5.39. The van der Waals surface area contributed by atoms with Crippen molar-refractivity contribution in [3.63, 3.8) is 0 Å². The molecule has 0 unspecified atom stereocenters. The minimum Gasteiger partial charge on any atom is -0.480 e. The normalized spacial score (nSPS) is 20.7. The van der Waals surface area contributed by atoms with Crippen molar-refractivity contribution in [1.29, 1.82) is 0 Å². The molecular formula is C21H21Cl2FN4O5S. The summed E-state index contributed by atoms with van der Waals surface area (Å²) in [5, 5.41) is 15.2. The highest BCUT2D eigenvalue weighted by Gasteiger charge is 2.37. The lowest BCUT2D eigenvalue weighted by Gasteiger charge is -2.35. The zero-order chi connectivity index (χ0) is 23.5. The van der Waals surface area contributed by atoms with Crippen molar-refractivity contribution in [3.05, 3.63) is 62.5 Å². The van der Waals surface area contributed by atoms with Crippen LogP contribution in [0.1, 0.15) is 16.6 Å². The van der Waals surface area contributed by atoms with Gasteiger partial charge >= 0.3 is 11.9 Å². The number of thiazole rings is 1. The van der Waals surface area contributed by atoms with E-state index in [2.05, 4.69) is 15.3 Å². The quantitative estimate of drug-likeness (QED) is 0.548. The molecule has 9 nitrogen and oxygen atoms in total. The van der Waals surface area contributed by atoms with Crippen LogP contribution in [0.15, 0.2) is 46.0 Å². The maximum Gasteiger partial charge on any atom is 0.338 e. The van der Waals surface area contributed by atoms with E-state index in [0.29, 0.717) is 35.3 Å². The molecule has 2 atom stereocenters. The van der Waals surface area contributed by atoms with Crippen molar-refractivity contribution < 1.29 is 28.6 Å². The number of aliphatic carboxylic acids is 1. The Kier molecular flexibility index (Phi) is 8.61. The van der Waals surface area contributed by atoms with Gasteiger partial charge in [-0.05, 0) is 12.1 Å². The monoisotopic (exact) mass is 530 g/mol. The lowest BCUT2D eigenvalue weighted by Crippen LogP contribution is -2.52. The highest BCUT2D eigenvalue weighted by Crippen LogP contribution is 2.37. The first-order chi connectivity index (χ1) is 15.9. The van der Waals surface area contributed by atoms with Crippen LogP contribution in [0.25, 0.3) is 0 Å². The average Bonchev–Trinajstić information content (AvgIpc) is 3.33. The SMILES string of the molecule is COC(=O)C1=C(CN2CCOC[C@H]2C(=O)O)NC(c2nccs2)=N[C@H]1c1ccc(F)cc1Cl.Cl. The average molecular weight is 531 g/mol. The van der Waals surface area contributed by atoms with Crippen LogP contribution < -0.4 is 5.32 Å². The van der Waals surface area contributed by atoms with Crippen LogP contribution in [-0.2, 0) is 19.1 Å². The fourth-order valence-corrected chi connectivity index (χ4v) is 4.58. The van der Waals surface area contributed by atoms with Gasteiger partial charge in [-0.1, -0.05) is 17.7 Å². The van der Waals surface area contributed by atoms with E-state index in [9.17, 15) is 19.1 Å². The number of hydrogen-bond acceptors (Lipinski definition) is 9. The number of carboxylic acids is 1. The van der Waals surface area contributed by atoms with Crippen LogP contribution >= 0.6 is 35.3 Å². The standard InChI is InChI=1S/C21H20ClFN4O5S.ClH/c1-31-21(30)16-14(9-27-5-6-32-10-15(27)20(28)29)25-18(19-24-4-7-33-19)26-17(16)12-3-2-11(23)8-13(12)22;/h2-4,7-8,15,17H,5-6,9-10H2,1H3,(H,25,26)(H,28,29);1H/t15-,17-;/m0./s1. The minimum atomic E-state index is -1.03. The van der Waals surface area contributed by atoms with Gasteiger partial charge in [0.15, 0.2) is 10.8 Å². The number of halogens is 3. The number of carboxylic acid groups (broad SMARTS) is 1. The van der Waals surface area contributed by atoms with Gasteiger partial charge in [0.1, 0.15) is 17.9 Å². The van der Waals surface area contributed by atoms with Gasteiger partial charge in [0.05, 0.1) is 25.9 Å². The molecule has 1 saturated heterocycles. The molecule has 0 radical (unpaired) electrons. The van der Waals surface area contributed by atoms with Crippen molar-refractivity contribution in [3.8, 4) is 0 Å². The van der Waals surface area contributed by atoms with Gasteiger partial charge < -0.3 is 19.9 Å². The van der Waals surface area contributed by atoms with Crippen LogP contribution in [0.2, 0.25) is 5.02 Å². The first kappa shape index (κ1) is 26.0. The third-order valence-corrected chi connectivity index (χ3v) is 6.42. The number of benzene rings is 1. The molecule has 0 amide bonds. The number of morpholine rings is 1. The third-order valence-electron chi connectivity index (χ3n) is 5.31. The Morgan fingerprint density at radius 3 is 2.88 bits per heavy atom. The van der Waals surface area contributed by atoms with Gasteiger partial charge in [-0.3, -0.25) is 14.7 Å². The van der Waals surface area contributed by atoms with E-state index in [-0.39, 0.29) is 36.2 Å². The predicted molar refractivity (Wildman–Crippen MR) is 126 cm³/mol. The molecule has 2 aromatic rings. The van der Waals surface area contributed by atoms with E-state index in [1.54, 1.807) is 16.5 Å². The van der Waals surface area contributed by atoms with Crippen molar-refractivity contribution in [2.24, 2.45) is 4.99 Å². The van der Waals surface area contributed by atoms with Gasteiger partial charge in [0.25, 0.3) is 0 Å². The van der Waals surface area contributed by atoms with E-state index >= 15 is 0 Å². The summed E-state index contributed by atoms with van der Waals surface area (Å²) in [6.07, 6.45) is 1.62. The zero-order valence-corrected chi connectivity index (χ0v) is 20.3. The number of ether oxygens (including phenoxy) is 2. The molecule has 1 aromatic carbocycles. The summed E-state index contributed by atoms with van der Waals surface area (Å²) in [5.74, 6) is -1.83. The van der Waals surface area contributed by atoms with Gasteiger partial charge in [-0.2, -0.15) is 0 Å². The topological polar surface area (TPSA) is 113 Å². The molecule has 34 heavy (non-hydrogen) atoms. The number of methoxy groups -OCH3 is 1. The maximum atomic E-state index is 13.7. The Labute approximate surface area is 209 Å². The summed E-state index contributed by atoms with van der Waals surface area (Å²) in [7, 11) is 1.24. The van der Waals surface area contributed by atoms with Crippen LogP contribution in [0, 0.1) is 5.82 Å².